The fraction of sp³-hybridized carbons (Fsp3) is 0.833. The minimum atomic E-state index is -4.09. The third kappa shape index (κ3) is 5.55. The Bertz CT molecular complexity index is 253. The fourth-order valence-electron chi connectivity index (χ4n) is 2.06. The predicted octanol–water partition coefficient (Wildman–Crippen LogP) is 2.52. The van der Waals surface area contributed by atoms with Crippen molar-refractivity contribution in [3.63, 3.8) is 0 Å². The molecule has 0 saturated carbocycles. The molecule has 1 saturated heterocycles. The zero-order chi connectivity index (χ0) is 12.9. The molecular weight excluding hydrogens is 229 g/mol. The van der Waals surface area contributed by atoms with Gasteiger partial charge in [0.2, 0.25) is 0 Å². The van der Waals surface area contributed by atoms with Gasteiger partial charge in [0.05, 0.1) is 6.42 Å². The first-order chi connectivity index (χ1) is 7.94. The second-order valence-corrected chi connectivity index (χ2v) is 4.45. The summed E-state index contributed by atoms with van der Waals surface area (Å²) in [5.41, 5.74) is 0.474. The summed E-state index contributed by atoms with van der Waals surface area (Å²) in [5.74, 6) is 0. The maximum absolute atomic E-state index is 12.3. The van der Waals surface area contributed by atoms with Crippen LogP contribution in [0.25, 0.3) is 0 Å². The molecule has 1 aliphatic heterocycles. The number of alkyl halides is 3. The molecule has 0 aliphatic carbocycles. The smallest absolute Gasteiger partial charge is 0.301 e. The number of nitrogens with zero attached hydrogens (tertiary/aromatic N) is 2. The average Bonchev–Trinajstić information content (AvgIpc) is 2.27. The van der Waals surface area contributed by atoms with Crippen molar-refractivity contribution < 1.29 is 13.2 Å². The van der Waals surface area contributed by atoms with Gasteiger partial charge >= 0.3 is 6.18 Å². The van der Waals surface area contributed by atoms with Crippen molar-refractivity contribution >= 4 is 0 Å². The van der Waals surface area contributed by atoms with Crippen molar-refractivity contribution in [2.45, 2.75) is 26.4 Å². The van der Waals surface area contributed by atoms with Gasteiger partial charge in [-0.05, 0) is 13.5 Å². The van der Waals surface area contributed by atoms with Crippen molar-refractivity contribution in [3.8, 4) is 0 Å². The van der Waals surface area contributed by atoms with Gasteiger partial charge in [-0.25, -0.2) is 0 Å². The van der Waals surface area contributed by atoms with Gasteiger partial charge in [-0.15, -0.1) is 0 Å². The largest absolute Gasteiger partial charge is 0.392 e. The van der Waals surface area contributed by atoms with E-state index in [1.807, 2.05) is 0 Å². The molecule has 0 aromatic carbocycles. The van der Waals surface area contributed by atoms with Gasteiger partial charge in [-0.2, -0.15) is 13.2 Å². The number of halogens is 3. The van der Waals surface area contributed by atoms with Gasteiger partial charge < -0.3 is 4.90 Å². The summed E-state index contributed by atoms with van der Waals surface area (Å²) in [5, 5.41) is 0. The number of hydrogen-bond acceptors (Lipinski definition) is 2. The molecule has 2 nitrogen and oxygen atoms in total. The topological polar surface area (TPSA) is 6.48 Å². The van der Waals surface area contributed by atoms with Gasteiger partial charge in [0, 0.05) is 32.7 Å². The van der Waals surface area contributed by atoms with Gasteiger partial charge in [0.25, 0.3) is 0 Å². The van der Waals surface area contributed by atoms with Gasteiger partial charge in [-0.1, -0.05) is 18.6 Å². The van der Waals surface area contributed by atoms with Crippen molar-refractivity contribution in [1.82, 2.24) is 9.80 Å². The van der Waals surface area contributed by atoms with E-state index in [0.717, 1.165) is 32.7 Å². The Kier molecular flexibility index (Phi) is 5.46. The van der Waals surface area contributed by atoms with E-state index < -0.39 is 12.6 Å². The Morgan fingerprint density at radius 1 is 1.12 bits per heavy atom. The summed E-state index contributed by atoms with van der Waals surface area (Å²) >= 11 is 0. The molecule has 0 radical (unpaired) electrons. The number of allylic oxidation sites excluding steroid dienone is 1. The van der Waals surface area contributed by atoms with Crippen LogP contribution < -0.4 is 0 Å². The fourth-order valence-corrected chi connectivity index (χ4v) is 2.06. The van der Waals surface area contributed by atoms with E-state index in [1.54, 1.807) is 13.0 Å². The number of hydrogen-bond donors (Lipinski definition) is 0. The first kappa shape index (κ1) is 14.5. The maximum Gasteiger partial charge on any atom is 0.392 e. The van der Waals surface area contributed by atoms with Crippen LogP contribution in [0.3, 0.4) is 0 Å². The molecule has 0 N–H and O–H groups in total. The molecular formula is C12H21F3N2. The Hall–Kier alpha value is -0.550. The molecule has 0 aromatic rings. The van der Waals surface area contributed by atoms with E-state index in [1.165, 1.54) is 0 Å². The van der Waals surface area contributed by atoms with Crippen molar-refractivity contribution in [1.29, 1.82) is 0 Å². The zero-order valence-electron chi connectivity index (χ0n) is 10.6. The lowest BCUT2D eigenvalue weighted by atomic mass is 10.1. The lowest BCUT2D eigenvalue weighted by Crippen LogP contribution is -2.46. The second kappa shape index (κ2) is 6.40. The van der Waals surface area contributed by atoms with E-state index >= 15 is 0 Å². The first-order valence-electron chi connectivity index (χ1n) is 6.10. The Balaban J connectivity index is 2.38. The summed E-state index contributed by atoms with van der Waals surface area (Å²) in [6.07, 6.45) is -3.27. The molecule has 1 aliphatic rings. The third-order valence-corrected chi connectivity index (χ3v) is 3.17. The summed E-state index contributed by atoms with van der Waals surface area (Å²) < 4.78 is 36.9. The molecule has 5 heteroatoms. The SMILES string of the molecule is CC=C(CN1CCN(CC)CC1)CC(F)(F)F. The lowest BCUT2D eigenvalue weighted by molar-refractivity contribution is -0.127. The molecule has 0 spiro atoms. The lowest BCUT2D eigenvalue weighted by Gasteiger charge is -2.34. The van der Waals surface area contributed by atoms with E-state index in [0.29, 0.717) is 12.1 Å². The summed E-state index contributed by atoms with van der Waals surface area (Å²) in [4.78, 5) is 4.42. The highest BCUT2D eigenvalue weighted by Gasteiger charge is 2.29. The highest BCUT2D eigenvalue weighted by Crippen LogP contribution is 2.25. The van der Waals surface area contributed by atoms with Crippen molar-refractivity contribution in [2.24, 2.45) is 0 Å². The van der Waals surface area contributed by atoms with Crippen LogP contribution in [0.2, 0.25) is 0 Å². The molecule has 100 valence electrons. The number of piperazine rings is 1. The zero-order valence-corrected chi connectivity index (χ0v) is 10.6. The molecule has 0 atom stereocenters. The van der Waals surface area contributed by atoms with Crippen LogP contribution in [-0.4, -0.2) is 55.2 Å². The maximum atomic E-state index is 12.3. The van der Waals surface area contributed by atoms with E-state index in [4.69, 9.17) is 0 Å². The van der Waals surface area contributed by atoms with Crippen LogP contribution in [0.1, 0.15) is 20.3 Å². The Labute approximate surface area is 101 Å². The second-order valence-electron chi connectivity index (χ2n) is 4.45. The highest BCUT2D eigenvalue weighted by atomic mass is 19.4. The normalized spacial score (nSPS) is 20.9. The molecule has 0 aromatic heterocycles. The van der Waals surface area contributed by atoms with E-state index in [2.05, 4.69) is 16.7 Å². The average molecular weight is 250 g/mol. The van der Waals surface area contributed by atoms with Gasteiger partial charge in [0.15, 0.2) is 0 Å². The molecule has 1 fully saturated rings. The van der Waals surface area contributed by atoms with E-state index in [9.17, 15) is 13.2 Å². The minimum absolute atomic E-state index is 0.452. The van der Waals surface area contributed by atoms with Crippen molar-refractivity contribution in [2.75, 3.05) is 39.3 Å². The Morgan fingerprint density at radius 3 is 2.06 bits per heavy atom. The van der Waals surface area contributed by atoms with Gasteiger partial charge in [-0.3, -0.25) is 4.90 Å². The third-order valence-electron chi connectivity index (χ3n) is 3.17. The Morgan fingerprint density at radius 2 is 1.65 bits per heavy atom. The van der Waals surface area contributed by atoms with Crippen LogP contribution in [0.4, 0.5) is 13.2 Å². The van der Waals surface area contributed by atoms with Crippen LogP contribution in [0.15, 0.2) is 11.6 Å². The standard InChI is InChI=1S/C12H21F3N2/c1-3-11(9-12(13,14)15)10-17-7-5-16(4-2)6-8-17/h3H,4-10H2,1-2H3. The van der Waals surface area contributed by atoms with E-state index in [-0.39, 0.29) is 0 Å². The van der Waals surface area contributed by atoms with Crippen LogP contribution >= 0.6 is 0 Å². The van der Waals surface area contributed by atoms with Gasteiger partial charge in [0.1, 0.15) is 0 Å². The highest BCUT2D eigenvalue weighted by molar-refractivity contribution is 5.05. The number of rotatable bonds is 4. The quantitative estimate of drug-likeness (QED) is 0.707. The monoisotopic (exact) mass is 250 g/mol. The molecule has 17 heavy (non-hydrogen) atoms. The van der Waals surface area contributed by atoms with Crippen LogP contribution in [0, 0.1) is 0 Å². The molecule has 0 amide bonds. The molecule has 0 unspecified atom stereocenters. The van der Waals surface area contributed by atoms with Crippen LogP contribution in [-0.2, 0) is 0 Å². The number of likely N-dealkylation sites (N-methyl/N-ethyl adjacent to an activating group) is 1. The predicted molar refractivity (Wildman–Crippen MR) is 63.0 cm³/mol. The minimum Gasteiger partial charge on any atom is -0.301 e. The summed E-state index contributed by atoms with van der Waals surface area (Å²) in [6.45, 7) is 8.91. The summed E-state index contributed by atoms with van der Waals surface area (Å²) in [6, 6.07) is 0. The molecule has 0 bridgehead atoms. The van der Waals surface area contributed by atoms with Crippen molar-refractivity contribution in [3.05, 3.63) is 11.6 Å². The summed E-state index contributed by atoms with van der Waals surface area (Å²) in [7, 11) is 0. The van der Waals surface area contributed by atoms with Crippen LogP contribution in [0.5, 0.6) is 0 Å². The first-order valence-corrected chi connectivity index (χ1v) is 6.10. The molecule has 1 heterocycles. The molecule has 1 rings (SSSR count).